The van der Waals surface area contributed by atoms with Crippen LogP contribution in [0.5, 0.6) is 0 Å². The fraction of sp³-hybridized carbons (Fsp3) is 0.458. The first-order chi connectivity index (χ1) is 14.2. The molecule has 29 heavy (non-hydrogen) atoms. The summed E-state index contributed by atoms with van der Waals surface area (Å²) in [4.78, 5) is 34.4. The zero-order valence-electron chi connectivity index (χ0n) is 17.1. The number of piperazine rings is 1. The van der Waals surface area contributed by atoms with E-state index in [4.69, 9.17) is 0 Å². The van der Waals surface area contributed by atoms with Gasteiger partial charge in [-0.25, -0.2) is 0 Å². The quantitative estimate of drug-likeness (QED) is 0.757. The minimum atomic E-state index is -0.411. The zero-order chi connectivity index (χ0) is 20.2. The van der Waals surface area contributed by atoms with E-state index in [1.165, 1.54) is 0 Å². The van der Waals surface area contributed by atoms with E-state index < -0.39 is 6.04 Å². The molecule has 2 heterocycles. The van der Waals surface area contributed by atoms with Crippen LogP contribution in [0.25, 0.3) is 11.1 Å². The average Bonchev–Trinajstić information content (AvgIpc) is 2.71. The van der Waals surface area contributed by atoms with Crippen molar-refractivity contribution in [2.24, 2.45) is 5.92 Å². The Morgan fingerprint density at radius 3 is 2.55 bits per heavy atom. The van der Waals surface area contributed by atoms with Crippen LogP contribution in [0.2, 0.25) is 0 Å². The van der Waals surface area contributed by atoms with Gasteiger partial charge in [0.25, 0.3) is 0 Å². The number of nitrogens with zero attached hydrogens (tertiary/aromatic N) is 3. The van der Waals surface area contributed by atoms with Crippen molar-refractivity contribution >= 4 is 11.8 Å². The molecule has 0 spiro atoms. The topological polar surface area (TPSA) is 53.5 Å². The van der Waals surface area contributed by atoms with E-state index in [1.807, 2.05) is 34.1 Å². The third kappa shape index (κ3) is 4.04. The van der Waals surface area contributed by atoms with Gasteiger partial charge in [0, 0.05) is 44.4 Å². The highest BCUT2D eigenvalue weighted by molar-refractivity contribution is 5.90. The van der Waals surface area contributed by atoms with Crippen molar-refractivity contribution in [3.05, 3.63) is 54.4 Å². The number of benzene rings is 1. The first-order valence-corrected chi connectivity index (χ1v) is 10.8. The molecule has 2 amide bonds. The van der Waals surface area contributed by atoms with Crippen molar-refractivity contribution in [1.82, 2.24) is 14.8 Å². The largest absolute Gasteiger partial charge is 0.339 e. The predicted octanol–water partition coefficient (Wildman–Crippen LogP) is 3.54. The molecule has 5 nitrogen and oxygen atoms in total. The zero-order valence-corrected chi connectivity index (χ0v) is 17.1. The normalized spacial score (nSPS) is 19.9. The molecule has 1 aliphatic carbocycles. The number of carbonyl (C=O) groups is 2. The Kier molecular flexibility index (Phi) is 5.93. The standard InChI is InChI=1S/C24H29N3O2/c1-2-14-26-15-16-27(23(28)19-7-5-8-19)22(24(26)29)17-20-6-3-4-9-21(20)18-10-12-25-13-11-18/h3-4,6,9-13,19,22H,2,5,7-8,14-17H2,1H3/t22-/m1/s1. The van der Waals surface area contributed by atoms with Crippen molar-refractivity contribution in [2.45, 2.75) is 45.1 Å². The molecule has 1 aromatic heterocycles. The molecule has 2 aliphatic rings. The molecule has 0 radical (unpaired) electrons. The first-order valence-electron chi connectivity index (χ1n) is 10.8. The van der Waals surface area contributed by atoms with Gasteiger partial charge in [-0.3, -0.25) is 14.6 Å². The van der Waals surface area contributed by atoms with Crippen LogP contribution >= 0.6 is 0 Å². The molecule has 1 aromatic carbocycles. The van der Waals surface area contributed by atoms with Gasteiger partial charge >= 0.3 is 0 Å². The van der Waals surface area contributed by atoms with Gasteiger partial charge in [0.2, 0.25) is 11.8 Å². The molecule has 0 bridgehead atoms. The van der Waals surface area contributed by atoms with Crippen molar-refractivity contribution in [3.8, 4) is 11.1 Å². The van der Waals surface area contributed by atoms with E-state index in [0.29, 0.717) is 19.5 Å². The maximum absolute atomic E-state index is 13.3. The Labute approximate surface area is 172 Å². The van der Waals surface area contributed by atoms with E-state index in [0.717, 1.165) is 48.9 Å². The average molecular weight is 392 g/mol. The molecule has 2 aromatic rings. The highest BCUT2D eigenvalue weighted by Gasteiger charge is 2.40. The number of aromatic nitrogens is 1. The van der Waals surface area contributed by atoms with E-state index in [1.54, 1.807) is 12.4 Å². The molecule has 1 saturated heterocycles. The van der Waals surface area contributed by atoms with Crippen LogP contribution in [0.3, 0.4) is 0 Å². The van der Waals surface area contributed by atoms with Gasteiger partial charge in [0.15, 0.2) is 0 Å². The highest BCUT2D eigenvalue weighted by atomic mass is 16.2. The summed E-state index contributed by atoms with van der Waals surface area (Å²) in [5, 5.41) is 0. The van der Waals surface area contributed by atoms with Crippen molar-refractivity contribution in [1.29, 1.82) is 0 Å². The maximum atomic E-state index is 13.3. The third-order valence-electron chi connectivity index (χ3n) is 6.24. The van der Waals surface area contributed by atoms with Crippen LogP contribution in [0, 0.1) is 5.92 Å². The number of pyridine rings is 1. The van der Waals surface area contributed by atoms with Gasteiger partial charge in [-0.2, -0.15) is 0 Å². The second-order valence-corrected chi connectivity index (χ2v) is 8.10. The Morgan fingerprint density at radius 1 is 1.10 bits per heavy atom. The van der Waals surface area contributed by atoms with Crippen molar-refractivity contribution in [2.75, 3.05) is 19.6 Å². The van der Waals surface area contributed by atoms with Gasteiger partial charge in [0.1, 0.15) is 6.04 Å². The summed E-state index contributed by atoms with van der Waals surface area (Å²) >= 11 is 0. The molecule has 1 atom stereocenters. The summed E-state index contributed by atoms with van der Waals surface area (Å²) in [6.07, 6.45) is 8.10. The molecule has 2 fully saturated rings. The molecular weight excluding hydrogens is 362 g/mol. The summed E-state index contributed by atoms with van der Waals surface area (Å²) in [6, 6.07) is 11.8. The highest BCUT2D eigenvalue weighted by Crippen LogP contribution is 2.32. The molecule has 152 valence electrons. The molecule has 1 saturated carbocycles. The third-order valence-corrected chi connectivity index (χ3v) is 6.24. The van der Waals surface area contributed by atoms with Gasteiger partial charge < -0.3 is 9.80 Å². The second kappa shape index (κ2) is 8.76. The number of hydrogen-bond donors (Lipinski definition) is 0. The second-order valence-electron chi connectivity index (χ2n) is 8.10. The Bertz CT molecular complexity index is 863. The molecule has 0 unspecified atom stereocenters. The lowest BCUT2D eigenvalue weighted by molar-refractivity contribution is -0.155. The van der Waals surface area contributed by atoms with Crippen LogP contribution in [0.15, 0.2) is 48.8 Å². The summed E-state index contributed by atoms with van der Waals surface area (Å²) in [5.74, 6) is 0.376. The fourth-order valence-corrected chi connectivity index (χ4v) is 4.40. The van der Waals surface area contributed by atoms with Crippen molar-refractivity contribution in [3.63, 3.8) is 0 Å². The smallest absolute Gasteiger partial charge is 0.245 e. The summed E-state index contributed by atoms with van der Waals surface area (Å²) in [5.41, 5.74) is 3.29. The van der Waals surface area contributed by atoms with Gasteiger partial charge in [-0.15, -0.1) is 0 Å². The molecule has 4 rings (SSSR count). The number of carbonyl (C=O) groups excluding carboxylic acids is 2. The van der Waals surface area contributed by atoms with Crippen molar-refractivity contribution < 1.29 is 9.59 Å². The Balaban J connectivity index is 1.64. The van der Waals surface area contributed by atoms with Crippen LogP contribution in [-0.4, -0.2) is 52.3 Å². The number of amides is 2. The number of rotatable bonds is 6. The summed E-state index contributed by atoms with van der Waals surface area (Å²) in [7, 11) is 0. The van der Waals surface area contributed by atoms with Gasteiger partial charge in [-0.1, -0.05) is 37.6 Å². The van der Waals surface area contributed by atoms with Crippen LogP contribution in [0.4, 0.5) is 0 Å². The minimum Gasteiger partial charge on any atom is -0.339 e. The van der Waals surface area contributed by atoms with Crippen LogP contribution in [-0.2, 0) is 16.0 Å². The van der Waals surface area contributed by atoms with Gasteiger partial charge in [-0.05, 0) is 48.1 Å². The van der Waals surface area contributed by atoms with E-state index >= 15 is 0 Å². The fourth-order valence-electron chi connectivity index (χ4n) is 4.40. The van der Waals surface area contributed by atoms with E-state index in [-0.39, 0.29) is 17.7 Å². The monoisotopic (exact) mass is 391 g/mol. The lowest BCUT2D eigenvalue weighted by Crippen LogP contribution is -2.61. The summed E-state index contributed by atoms with van der Waals surface area (Å²) < 4.78 is 0. The van der Waals surface area contributed by atoms with E-state index in [2.05, 4.69) is 24.0 Å². The molecule has 1 aliphatic heterocycles. The summed E-state index contributed by atoms with van der Waals surface area (Å²) in [6.45, 7) is 4.14. The minimum absolute atomic E-state index is 0.0929. The molecule has 5 heteroatoms. The number of hydrogen-bond acceptors (Lipinski definition) is 3. The van der Waals surface area contributed by atoms with Crippen LogP contribution in [0.1, 0.15) is 38.2 Å². The van der Waals surface area contributed by atoms with E-state index in [9.17, 15) is 9.59 Å². The predicted molar refractivity (Wildman–Crippen MR) is 113 cm³/mol. The lowest BCUT2D eigenvalue weighted by Gasteiger charge is -2.43. The Morgan fingerprint density at radius 2 is 1.86 bits per heavy atom. The molecule has 0 N–H and O–H groups in total. The first kappa shape index (κ1) is 19.6. The SMILES string of the molecule is CCCN1CCN(C(=O)C2CCC2)[C@H](Cc2ccccc2-c2ccncc2)C1=O. The maximum Gasteiger partial charge on any atom is 0.245 e. The Hall–Kier alpha value is -2.69. The lowest BCUT2D eigenvalue weighted by atomic mass is 9.83. The van der Waals surface area contributed by atoms with Gasteiger partial charge in [0.05, 0.1) is 0 Å². The molecular formula is C24H29N3O2. The van der Waals surface area contributed by atoms with Crippen LogP contribution < -0.4 is 0 Å².